The van der Waals surface area contributed by atoms with Gasteiger partial charge in [0.1, 0.15) is 13.2 Å². The maximum absolute atomic E-state index is 12.9. The highest BCUT2D eigenvalue weighted by molar-refractivity contribution is 7.45. The zero-order chi connectivity index (χ0) is 46.4. The van der Waals surface area contributed by atoms with Gasteiger partial charge in [0.15, 0.2) is 0 Å². The van der Waals surface area contributed by atoms with Gasteiger partial charge in [-0.2, -0.15) is 0 Å². The van der Waals surface area contributed by atoms with Crippen molar-refractivity contribution in [3.63, 3.8) is 0 Å². The molecule has 1 amide bonds. The number of hydrogen-bond acceptors (Lipinski definition) is 6. The highest BCUT2D eigenvalue weighted by Crippen LogP contribution is 2.38. The molecule has 0 saturated heterocycles. The maximum Gasteiger partial charge on any atom is 0.268 e. The number of carbonyl (C=O) groups excluding carboxylic acids is 1. The van der Waals surface area contributed by atoms with Crippen LogP contribution in [0.1, 0.15) is 290 Å². The molecule has 0 aromatic carbocycles. The molecule has 63 heavy (non-hydrogen) atoms. The van der Waals surface area contributed by atoms with Gasteiger partial charge in [0, 0.05) is 6.42 Å². The number of hydrogen-bond donors (Lipinski definition) is 2. The lowest BCUT2D eigenvalue weighted by Crippen LogP contribution is -2.46. The second-order valence-electron chi connectivity index (χ2n) is 20.7. The van der Waals surface area contributed by atoms with E-state index >= 15 is 0 Å². The van der Waals surface area contributed by atoms with Gasteiger partial charge in [0.05, 0.1) is 39.9 Å². The van der Waals surface area contributed by atoms with Crippen LogP contribution in [0, 0.1) is 0 Å². The second-order valence-corrected chi connectivity index (χ2v) is 22.1. The topological polar surface area (TPSA) is 108 Å². The first-order chi connectivity index (χ1) is 30.5. The third-order valence-electron chi connectivity index (χ3n) is 13.1. The van der Waals surface area contributed by atoms with Gasteiger partial charge in [0.25, 0.3) is 7.82 Å². The summed E-state index contributed by atoms with van der Waals surface area (Å²) in [4.78, 5) is 25.4. The van der Waals surface area contributed by atoms with Gasteiger partial charge < -0.3 is 28.8 Å². The molecule has 0 radical (unpaired) electrons. The van der Waals surface area contributed by atoms with Gasteiger partial charge in [-0.05, 0) is 12.8 Å². The molecule has 2 N–H and O–H groups in total. The van der Waals surface area contributed by atoms with E-state index in [1.807, 2.05) is 21.1 Å². The number of nitrogens with zero attached hydrogens (tertiary/aromatic N) is 1. The van der Waals surface area contributed by atoms with Crippen molar-refractivity contribution in [3.05, 3.63) is 0 Å². The predicted octanol–water partition coefficient (Wildman–Crippen LogP) is 15.9. The predicted molar refractivity (Wildman–Crippen MR) is 270 cm³/mol. The van der Waals surface area contributed by atoms with Crippen molar-refractivity contribution in [1.82, 2.24) is 5.32 Å². The first-order valence-corrected chi connectivity index (χ1v) is 29.3. The van der Waals surface area contributed by atoms with Crippen LogP contribution in [-0.2, 0) is 18.4 Å². The fourth-order valence-electron chi connectivity index (χ4n) is 8.69. The van der Waals surface area contributed by atoms with Crippen molar-refractivity contribution in [2.24, 2.45) is 0 Å². The summed E-state index contributed by atoms with van der Waals surface area (Å²) >= 11 is 0. The van der Waals surface area contributed by atoms with Crippen molar-refractivity contribution in [2.45, 2.75) is 302 Å². The van der Waals surface area contributed by atoms with E-state index in [9.17, 15) is 19.4 Å². The number of likely N-dealkylation sites (N-methyl/N-ethyl adjacent to an activating group) is 1. The molecule has 9 heteroatoms. The first-order valence-electron chi connectivity index (χ1n) is 27.9. The minimum atomic E-state index is -4.56. The molecule has 0 rings (SSSR count). The molecule has 0 saturated carbocycles. The largest absolute Gasteiger partial charge is 0.756 e. The van der Waals surface area contributed by atoms with E-state index in [1.165, 1.54) is 225 Å². The lowest BCUT2D eigenvalue weighted by molar-refractivity contribution is -0.870. The Kier molecular flexibility index (Phi) is 46.2. The Hall–Kier alpha value is -0.500. The number of phosphoric acid groups is 1. The number of carbonyl (C=O) groups is 1. The van der Waals surface area contributed by atoms with E-state index < -0.39 is 20.0 Å². The maximum atomic E-state index is 12.9. The first kappa shape index (κ1) is 62.5. The van der Waals surface area contributed by atoms with Crippen LogP contribution in [0.3, 0.4) is 0 Å². The summed E-state index contributed by atoms with van der Waals surface area (Å²) in [7, 11) is 1.32. The van der Waals surface area contributed by atoms with Crippen LogP contribution < -0.4 is 10.2 Å². The monoisotopic (exact) mass is 915 g/mol. The number of phosphoric ester groups is 1. The molecule has 0 aromatic heterocycles. The van der Waals surface area contributed by atoms with E-state index in [0.29, 0.717) is 23.9 Å². The Balaban J connectivity index is 3.90. The minimum absolute atomic E-state index is 0.0160. The molecule has 0 aliphatic carbocycles. The number of amides is 1. The normalized spacial score (nSPS) is 14.0. The molecule has 0 aromatic rings. The Morgan fingerprint density at radius 1 is 0.492 bits per heavy atom. The Morgan fingerprint density at radius 2 is 0.778 bits per heavy atom. The lowest BCUT2D eigenvalue weighted by atomic mass is 10.0. The van der Waals surface area contributed by atoms with E-state index in [-0.39, 0.29) is 19.1 Å². The van der Waals surface area contributed by atoms with E-state index in [1.54, 1.807) is 0 Å². The number of nitrogens with one attached hydrogen (secondary N) is 1. The number of aliphatic hydroxyl groups is 1. The van der Waals surface area contributed by atoms with E-state index in [0.717, 1.165) is 38.5 Å². The fraction of sp³-hybridized carbons (Fsp3) is 0.981. The smallest absolute Gasteiger partial charge is 0.268 e. The number of rotatable bonds is 52. The van der Waals surface area contributed by atoms with Gasteiger partial charge in [-0.3, -0.25) is 9.36 Å². The summed E-state index contributed by atoms with van der Waals surface area (Å²) in [6, 6.07) is -0.793. The van der Waals surface area contributed by atoms with Gasteiger partial charge in [-0.15, -0.1) is 0 Å². The summed E-state index contributed by atoms with van der Waals surface area (Å²) in [5, 5.41) is 13.9. The van der Waals surface area contributed by atoms with Crippen LogP contribution in [0.15, 0.2) is 0 Å². The molecule has 0 aliphatic heterocycles. The Labute approximate surface area is 393 Å². The van der Waals surface area contributed by atoms with Crippen LogP contribution >= 0.6 is 7.82 Å². The van der Waals surface area contributed by atoms with Crippen LogP contribution in [-0.4, -0.2) is 68.5 Å². The molecule has 0 heterocycles. The zero-order valence-electron chi connectivity index (χ0n) is 43.1. The summed E-state index contributed by atoms with van der Waals surface area (Å²) in [5.41, 5.74) is 0. The number of unbranched alkanes of at least 4 members (excludes halogenated alkanes) is 39. The minimum Gasteiger partial charge on any atom is -0.756 e. The lowest BCUT2D eigenvalue weighted by Gasteiger charge is -2.30. The molecule has 0 spiro atoms. The molecule has 3 unspecified atom stereocenters. The average Bonchev–Trinajstić information content (AvgIpc) is 3.24. The summed E-state index contributed by atoms with van der Waals surface area (Å²) < 4.78 is 23.3. The van der Waals surface area contributed by atoms with Crippen LogP contribution in [0.25, 0.3) is 0 Å². The molecule has 8 nitrogen and oxygen atoms in total. The average molecular weight is 915 g/mol. The quantitative estimate of drug-likeness (QED) is 0.0357. The van der Waals surface area contributed by atoms with Crippen LogP contribution in [0.5, 0.6) is 0 Å². The molecular formula is C54H111N2O6P. The van der Waals surface area contributed by atoms with Crippen molar-refractivity contribution in [2.75, 3.05) is 40.9 Å². The Bertz CT molecular complexity index is 994. The van der Waals surface area contributed by atoms with Crippen LogP contribution in [0.4, 0.5) is 0 Å². The van der Waals surface area contributed by atoms with Gasteiger partial charge >= 0.3 is 0 Å². The van der Waals surface area contributed by atoms with Gasteiger partial charge in [-0.1, -0.05) is 271 Å². The molecule has 378 valence electrons. The van der Waals surface area contributed by atoms with E-state index in [4.69, 9.17) is 9.05 Å². The highest BCUT2D eigenvalue weighted by atomic mass is 31.2. The van der Waals surface area contributed by atoms with Crippen molar-refractivity contribution >= 4 is 13.7 Å². The number of quaternary nitrogens is 1. The summed E-state index contributed by atoms with van der Waals surface area (Å²) in [5.74, 6) is -0.159. The van der Waals surface area contributed by atoms with Gasteiger partial charge in [0.2, 0.25) is 5.91 Å². The summed E-state index contributed by atoms with van der Waals surface area (Å²) in [6.45, 7) is 4.74. The van der Waals surface area contributed by atoms with Gasteiger partial charge in [-0.25, -0.2) is 0 Å². The molecule has 0 bridgehead atoms. The standard InChI is InChI=1S/C54H111N2O6P/c1-6-8-10-12-14-16-18-19-20-21-22-23-24-25-26-27-28-29-30-31-32-33-34-35-36-37-38-40-42-44-46-48-54(58)55-52(51-62-63(59,60)61-50-49-56(3,4)5)53(57)47-45-43-41-39-17-15-13-11-9-7-2/h52-53,57H,6-51H2,1-5H3,(H-,55,58,59,60). The molecular weight excluding hydrogens is 804 g/mol. The van der Waals surface area contributed by atoms with Crippen molar-refractivity contribution < 1.29 is 32.9 Å². The molecule has 0 aliphatic rings. The fourth-order valence-corrected chi connectivity index (χ4v) is 9.41. The Morgan fingerprint density at radius 3 is 1.08 bits per heavy atom. The SMILES string of the molecule is CCCCCCCCCCCCCCCCCCCCCCCCCCCCCCCCCC(=O)NC(COP(=O)([O-])OCC[N+](C)(C)C)C(O)CCCCCCCCCCCC. The molecule has 3 atom stereocenters. The van der Waals surface area contributed by atoms with Crippen molar-refractivity contribution in [1.29, 1.82) is 0 Å². The highest BCUT2D eigenvalue weighted by Gasteiger charge is 2.24. The van der Waals surface area contributed by atoms with Crippen molar-refractivity contribution in [3.8, 4) is 0 Å². The summed E-state index contributed by atoms with van der Waals surface area (Å²) in [6.07, 6.45) is 54.4. The third kappa shape index (κ3) is 49.2. The van der Waals surface area contributed by atoms with Crippen LogP contribution in [0.2, 0.25) is 0 Å². The molecule has 0 fully saturated rings. The third-order valence-corrected chi connectivity index (χ3v) is 14.1. The van der Waals surface area contributed by atoms with E-state index in [2.05, 4.69) is 19.2 Å². The zero-order valence-corrected chi connectivity index (χ0v) is 44.0. The second kappa shape index (κ2) is 46.6. The number of aliphatic hydroxyl groups excluding tert-OH is 1.